The van der Waals surface area contributed by atoms with E-state index in [2.05, 4.69) is 10.1 Å². The predicted octanol–water partition coefficient (Wildman–Crippen LogP) is 4.93. The number of nitro groups is 1. The van der Waals surface area contributed by atoms with E-state index in [1.54, 1.807) is 0 Å². The molecule has 0 radical (unpaired) electrons. The van der Waals surface area contributed by atoms with Crippen LogP contribution in [0.15, 0.2) is 64.1 Å². The van der Waals surface area contributed by atoms with E-state index in [-0.39, 0.29) is 10.9 Å². The van der Waals surface area contributed by atoms with E-state index in [4.69, 9.17) is 4.42 Å². The summed E-state index contributed by atoms with van der Waals surface area (Å²) < 4.78 is 19.1. The van der Waals surface area contributed by atoms with Gasteiger partial charge in [0.15, 0.2) is 0 Å². The van der Waals surface area contributed by atoms with Crippen LogP contribution in [0.2, 0.25) is 0 Å². The van der Waals surface area contributed by atoms with Gasteiger partial charge in [0.25, 0.3) is 0 Å². The first-order valence-electron chi connectivity index (χ1n) is 8.66. The first kappa shape index (κ1) is 19.4. The normalized spacial score (nSPS) is 11.3. The van der Waals surface area contributed by atoms with Crippen LogP contribution in [0.3, 0.4) is 0 Å². The number of benzene rings is 2. The summed E-state index contributed by atoms with van der Waals surface area (Å²) >= 11 is 1.06. The average Bonchev–Trinajstić information content (AvgIpc) is 3.36. The SMILES string of the molecule is Cc1ccc(/C=N/N(C(=O)c2ccc([N+](=O)[O-])o2)c2nc3ccc(F)cc3s2)cc1. The Labute approximate surface area is 173 Å². The molecule has 2 aromatic heterocycles. The Balaban J connectivity index is 1.75. The summed E-state index contributed by atoms with van der Waals surface area (Å²) in [4.78, 5) is 27.5. The van der Waals surface area contributed by atoms with Crippen LogP contribution in [0.4, 0.5) is 15.4 Å². The number of thiazole rings is 1. The highest BCUT2D eigenvalue weighted by Crippen LogP contribution is 2.31. The van der Waals surface area contributed by atoms with Gasteiger partial charge in [0, 0.05) is 0 Å². The highest BCUT2D eigenvalue weighted by atomic mass is 32.1. The van der Waals surface area contributed by atoms with E-state index in [0.29, 0.717) is 10.2 Å². The number of fused-ring (bicyclic) bond motifs is 1. The minimum Gasteiger partial charge on any atom is -0.395 e. The molecule has 8 nitrogen and oxygen atoms in total. The molecule has 0 bridgehead atoms. The van der Waals surface area contributed by atoms with Crippen LogP contribution in [-0.2, 0) is 0 Å². The number of amides is 1. The van der Waals surface area contributed by atoms with Crippen LogP contribution in [0, 0.1) is 22.9 Å². The molecule has 0 N–H and O–H groups in total. The van der Waals surface area contributed by atoms with Gasteiger partial charge < -0.3 is 4.42 Å². The molecule has 150 valence electrons. The van der Waals surface area contributed by atoms with Gasteiger partial charge in [-0.05, 0) is 36.8 Å². The predicted molar refractivity (Wildman–Crippen MR) is 111 cm³/mol. The number of hydrogen-bond acceptors (Lipinski definition) is 7. The maximum atomic E-state index is 13.5. The van der Waals surface area contributed by atoms with Gasteiger partial charge in [-0.1, -0.05) is 41.2 Å². The molecule has 1 amide bonds. The molecule has 0 spiro atoms. The van der Waals surface area contributed by atoms with Gasteiger partial charge in [-0.15, -0.1) is 0 Å². The number of hydrazone groups is 1. The molecule has 2 heterocycles. The third kappa shape index (κ3) is 3.94. The van der Waals surface area contributed by atoms with Gasteiger partial charge >= 0.3 is 11.8 Å². The summed E-state index contributed by atoms with van der Waals surface area (Å²) in [6.07, 6.45) is 1.46. The number of hydrogen-bond donors (Lipinski definition) is 0. The van der Waals surface area contributed by atoms with E-state index in [0.717, 1.165) is 33.5 Å². The van der Waals surface area contributed by atoms with Crippen molar-refractivity contribution in [2.45, 2.75) is 6.92 Å². The summed E-state index contributed by atoms with van der Waals surface area (Å²) in [6, 6.07) is 13.8. The Morgan fingerprint density at radius 2 is 2.00 bits per heavy atom. The summed E-state index contributed by atoms with van der Waals surface area (Å²) in [5.41, 5.74) is 2.29. The molecule has 30 heavy (non-hydrogen) atoms. The third-order valence-corrected chi connectivity index (χ3v) is 5.09. The van der Waals surface area contributed by atoms with E-state index >= 15 is 0 Å². The molecule has 0 atom stereocenters. The lowest BCUT2D eigenvalue weighted by molar-refractivity contribution is -0.402. The standard InChI is InChI=1S/C20H13FN4O4S/c1-12-2-4-13(5-3-12)11-22-24(19(26)16-8-9-18(29-16)25(27)28)20-23-15-7-6-14(21)10-17(15)30-20/h2-11H,1H3/b22-11+. The first-order valence-corrected chi connectivity index (χ1v) is 9.48. The summed E-state index contributed by atoms with van der Waals surface area (Å²) in [7, 11) is 0. The van der Waals surface area contributed by atoms with Gasteiger partial charge in [0.05, 0.1) is 22.5 Å². The van der Waals surface area contributed by atoms with Gasteiger partial charge in [0.2, 0.25) is 10.9 Å². The lowest BCUT2D eigenvalue weighted by Gasteiger charge is -2.11. The van der Waals surface area contributed by atoms with Gasteiger partial charge in [0.1, 0.15) is 10.7 Å². The summed E-state index contributed by atoms with van der Waals surface area (Å²) in [5, 5.41) is 16.2. The van der Waals surface area contributed by atoms with Crippen molar-refractivity contribution in [3.63, 3.8) is 0 Å². The Hall–Kier alpha value is -3.92. The molecule has 0 fully saturated rings. The average molecular weight is 424 g/mol. The minimum absolute atomic E-state index is 0.169. The Bertz CT molecular complexity index is 1280. The van der Waals surface area contributed by atoms with Crippen LogP contribution in [0.25, 0.3) is 10.2 Å². The van der Waals surface area contributed by atoms with Crippen LogP contribution in [0.5, 0.6) is 0 Å². The number of carbonyl (C=O) groups is 1. The van der Waals surface area contributed by atoms with Crippen LogP contribution in [-0.4, -0.2) is 22.0 Å². The fourth-order valence-electron chi connectivity index (χ4n) is 2.59. The van der Waals surface area contributed by atoms with Crippen molar-refractivity contribution in [1.82, 2.24) is 4.98 Å². The quantitative estimate of drug-likeness (QED) is 0.257. The van der Waals surface area contributed by atoms with Crippen LogP contribution < -0.4 is 5.01 Å². The molecule has 0 aliphatic carbocycles. The van der Waals surface area contributed by atoms with E-state index in [1.165, 1.54) is 30.5 Å². The number of aromatic nitrogens is 1. The maximum Gasteiger partial charge on any atom is 0.433 e. The Kier molecular flexibility index (Phi) is 5.07. The molecular formula is C20H13FN4O4S. The first-order chi connectivity index (χ1) is 14.4. The third-order valence-electron chi connectivity index (χ3n) is 4.09. The second-order valence-corrected chi connectivity index (χ2v) is 7.28. The second-order valence-electron chi connectivity index (χ2n) is 6.28. The van der Waals surface area contributed by atoms with Crippen molar-refractivity contribution in [3.8, 4) is 0 Å². The number of furan rings is 1. The van der Waals surface area contributed by atoms with Crippen molar-refractivity contribution in [2.75, 3.05) is 5.01 Å². The summed E-state index contributed by atoms with van der Waals surface area (Å²) in [6.45, 7) is 1.95. The van der Waals surface area contributed by atoms with E-state index < -0.39 is 22.5 Å². The number of nitrogens with zero attached hydrogens (tertiary/aromatic N) is 4. The van der Waals surface area contributed by atoms with Crippen molar-refractivity contribution in [2.24, 2.45) is 5.10 Å². The molecule has 0 aliphatic rings. The monoisotopic (exact) mass is 424 g/mol. The van der Waals surface area contributed by atoms with Crippen molar-refractivity contribution in [3.05, 3.63) is 87.4 Å². The molecular weight excluding hydrogens is 411 g/mol. The fraction of sp³-hybridized carbons (Fsp3) is 0.0500. The highest BCUT2D eigenvalue weighted by Gasteiger charge is 2.26. The minimum atomic E-state index is -0.744. The van der Waals surface area contributed by atoms with Crippen molar-refractivity contribution in [1.29, 1.82) is 0 Å². The van der Waals surface area contributed by atoms with Gasteiger partial charge in [-0.3, -0.25) is 14.9 Å². The second kappa shape index (κ2) is 7.84. The van der Waals surface area contributed by atoms with Gasteiger partial charge in [-0.25, -0.2) is 9.37 Å². The van der Waals surface area contributed by atoms with Crippen molar-refractivity contribution >= 4 is 44.7 Å². The molecule has 2 aromatic carbocycles. The molecule has 0 saturated carbocycles. The number of carbonyl (C=O) groups excluding carboxylic acids is 1. The van der Waals surface area contributed by atoms with E-state index in [9.17, 15) is 19.3 Å². The largest absolute Gasteiger partial charge is 0.433 e. The molecule has 0 aliphatic heterocycles. The zero-order valence-corrected chi connectivity index (χ0v) is 16.3. The lowest BCUT2D eigenvalue weighted by atomic mass is 10.2. The number of aryl methyl sites for hydroxylation is 1. The fourth-order valence-corrected chi connectivity index (χ4v) is 3.53. The number of anilines is 1. The van der Waals surface area contributed by atoms with Gasteiger partial charge in [-0.2, -0.15) is 10.1 Å². The number of halogens is 1. The molecule has 10 heteroatoms. The highest BCUT2D eigenvalue weighted by molar-refractivity contribution is 7.22. The topological polar surface area (TPSA) is 102 Å². The lowest BCUT2D eigenvalue weighted by Crippen LogP contribution is -2.25. The zero-order valence-electron chi connectivity index (χ0n) is 15.5. The van der Waals surface area contributed by atoms with E-state index in [1.807, 2.05) is 31.2 Å². The van der Waals surface area contributed by atoms with Crippen LogP contribution in [0.1, 0.15) is 21.7 Å². The zero-order chi connectivity index (χ0) is 21.3. The van der Waals surface area contributed by atoms with Crippen LogP contribution >= 0.6 is 11.3 Å². The number of rotatable bonds is 5. The Morgan fingerprint density at radius 3 is 2.70 bits per heavy atom. The summed E-state index contributed by atoms with van der Waals surface area (Å²) in [5.74, 6) is -2.01. The maximum absolute atomic E-state index is 13.5. The molecule has 4 rings (SSSR count). The Morgan fingerprint density at radius 1 is 1.23 bits per heavy atom. The molecule has 4 aromatic rings. The molecule has 0 saturated heterocycles. The van der Waals surface area contributed by atoms with Crippen molar-refractivity contribution < 1.29 is 18.5 Å². The molecule has 0 unspecified atom stereocenters. The smallest absolute Gasteiger partial charge is 0.395 e.